The molecule has 3 N–H and O–H groups in total. The molecule has 1 aromatic carbocycles. The van der Waals surface area contributed by atoms with Crippen molar-refractivity contribution in [3.8, 4) is 11.5 Å². The number of carbonyl (C=O) groups excluding carboxylic acids is 2. The molecule has 4 rings (SSSR count). The van der Waals surface area contributed by atoms with Gasteiger partial charge in [0.15, 0.2) is 11.5 Å². The van der Waals surface area contributed by atoms with Gasteiger partial charge in [-0.05, 0) is 36.8 Å². The van der Waals surface area contributed by atoms with Crippen LogP contribution in [0.5, 0.6) is 11.5 Å². The van der Waals surface area contributed by atoms with Crippen LogP contribution in [0.4, 0.5) is 0 Å². The lowest BCUT2D eigenvalue weighted by Crippen LogP contribution is -2.38. The zero-order valence-electron chi connectivity index (χ0n) is 16.7. The molecule has 2 aliphatic heterocycles. The van der Waals surface area contributed by atoms with E-state index in [-0.39, 0.29) is 30.9 Å². The standard InChI is InChI=1S/C21H24N4O5/c1-13-9-22-19(26)6-7-25(13)11-15-3-4-16(21(28)24-15)20(27)23-10-14-2-5-17-18(8-14)30-12-29-17/h2-5,8,13H,6-7,9-12H2,1H3,(H,22,26)(H,23,27)(H,24,28)/t13-/m0/s1. The lowest BCUT2D eigenvalue weighted by Gasteiger charge is -2.25. The number of nitrogens with zero attached hydrogens (tertiary/aromatic N) is 1. The van der Waals surface area contributed by atoms with Crippen molar-refractivity contribution in [2.45, 2.75) is 32.5 Å². The van der Waals surface area contributed by atoms with E-state index in [9.17, 15) is 14.4 Å². The van der Waals surface area contributed by atoms with Crippen LogP contribution in [0.1, 0.15) is 35.0 Å². The Balaban J connectivity index is 1.38. The Hall–Kier alpha value is -3.33. The summed E-state index contributed by atoms with van der Waals surface area (Å²) in [5.41, 5.74) is 1.17. The van der Waals surface area contributed by atoms with Crippen LogP contribution in [0.3, 0.4) is 0 Å². The molecule has 3 heterocycles. The molecule has 1 aromatic heterocycles. The average Bonchev–Trinajstić information content (AvgIpc) is 3.15. The summed E-state index contributed by atoms with van der Waals surface area (Å²) in [5.74, 6) is 0.908. The minimum absolute atomic E-state index is 0.0346. The maximum atomic E-state index is 12.5. The van der Waals surface area contributed by atoms with E-state index in [1.807, 2.05) is 13.0 Å². The minimum atomic E-state index is -0.446. The van der Waals surface area contributed by atoms with Gasteiger partial charge in [0.1, 0.15) is 5.56 Å². The third kappa shape index (κ3) is 4.46. The van der Waals surface area contributed by atoms with Crippen LogP contribution in [0.25, 0.3) is 0 Å². The molecule has 1 atom stereocenters. The highest BCUT2D eigenvalue weighted by atomic mass is 16.7. The fraction of sp³-hybridized carbons (Fsp3) is 0.381. The third-order valence-electron chi connectivity index (χ3n) is 5.32. The molecule has 1 saturated heterocycles. The van der Waals surface area contributed by atoms with Crippen molar-refractivity contribution in [1.82, 2.24) is 20.5 Å². The molecule has 158 valence electrons. The van der Waals surface area contributed by atoms with Crippen LogP contribution in [-0.4, -0.2) is 47.6 Å². The number of carbonyl (C=O) groups is 2. The molecule has 2 amide bonds. The Morgan fingerprint density at radius 2 is 2.03 bits per heavy atom. The summed E-state index contributed by atoms with van der Waals surface area (Å²) in [6.45, 7) is 4.18. The van der Waals surface area contributed by atoms with Crippen LogP contribution in [0, 0.1) is 0 Å². The highest BCUT2D eigenvalue weighted by Gasteiger charge is 2.21. The average molecular weight is 412 g/mol. The van der Waals surface area contributed by atoms with Gasteiger partial charge in [-0.15, -0.1) is 0 Å². The van der Waals surface area contributed by atoms with Gasteiger partial charge < -0.3 is 25.1 Å². The van der Waals surface area contributed by atoms with Gasteiger partial charge in [0.2, 0.25) is 12.7 Å². The van der Waals surface area contributed by atoms with E-state index >= 15 is 0 Å². The smallest absolute Gasteiger partial charge is 0.261 e. The van der Waals surface area contributed by atoms with Crippen molar-refractivity contribution in [1.29, 1.82) is 0 Å². The molecule has 9 heteroatoms. The molecule has 0 spiro atoms. The third-order valence-corrected chi connectivity index (χ3v) is 5.32. The Labute approximate surface area is 173 Å². The molecule has 9 nitrogen and oxygen atoms in total. The van der Waals surface area contributed by atoms with Crippen LogP contribution < -0.4 is 25.7 Å². The molecule has 0 saturated carbocycles. The van der Waals surface area contributed by atoms with Gasteiger partial charge in [-0.3, -0.25) is 19.3 Å². The van der Waals surface area contributed by atoms with Crippen molar-refractivity contribution in [3.63, 3.8) is 0 Å². The number of nitrogens with one attached hydrogen (secondary N) is 3. The fourth-order valence-corrected chi connectivity index (χ4v) is 3.51. The number of aromatic amines is 1. The van der Waals surface area contributed by atoms with Crippen molar-refractivity contribution in [3.05, 3.63) is 57.5 Å². The SMILES string of the molecule is C[C@H]1CNC(=O)CCN1Cc1ccc(C(=O)NCc2ccc3c(c2)OCO3)c(=O)[nH]1. The summed E-state index contributed by atoms with van der Waals surface area (Å²) in [4.78, 5) is 41.4. The number of ether oxygens (including phenoxy) is 2. The zero-order valence-corrected chi connectivity index (χ0v) is 16.7. The van der Waals surface area contributed by atoms with Gasteiger partial charge in [0.05, 0.1) is 0 Å². The number of H-pyrrole nitrogens is 1. The Morgan fingerprint density at radius 1 is 1.20 bits per heavy atom. The van der Waals surface area contributed by atoms with Crippen molar-refractivity contribution < 1.29 is 19.1 Å². The molecule has 0 unspecified atom stereocenters. The van der Waals surface area contributed by atoms with Crippen LogP contribution >= 0.6 is 0 Å². The number of rotatable bonds is 5. The van der Waals surface area contributed by atoms with Gasteiger partial charge in [-0.25, -0.2) is 0 Å². The maximum absolute atomic E-state index is 12.5. The first-order valence-electron chi connectivity index (χ1n) is 9.89. The lowest BCUT2D eigenvalue weighted by atomic mass is 10.2. The quantitative estimate of drug-likeness (QED) is 0.668. The summed E-state index contributed by atoms with van der Waals surface area (Å²) >= 11 is 0. The van der Waals surface area contributed by atoms with Gasteiger partial charge in [-0.2, -0.15) is 0 Å². The highest BCUT2D eigenvalue weighted by molar-refractivity contribution is 5.93. The first-order chi connectivity index (χ1) is 14.5. The molecular formula is C21H24N4O5. The number of benzene rings is 1. The maximum Gasteiger partial charge on any atom is 0.261 e. The summed E-state index contributed by atoms with van der Waals surface area (Å²) < 4.78 is 10.6. The number of amides is 2. The fourth-order valence-electron chi connectivity index (χ4n) is 3.51. The van der Waals surface area contributed by atoms with E-state index in [0.29, 0.717) is 43.2 Å². The number of pyridine rings is 1. The summed E-state index contributed by atoms with van der Waals surface area (Å²) in [6, 6.07) is 8.86. The second-order valence-corrected chi connectivity index (χ2v) is 7.47. The van der Waals surface area contributed by atoms with Gasteiger partial charge in [-0.1, -0.05) is 6.07 Å². The second-order valence-electron chi connectivity index (χ2n) is 7.47. The summed E-state index contributed by atoms with van der Waals surface area (Å²) in [5, 5.41) is 5.62. The Kier molecular flexibility index (Phi) is 5.71. The minimum Gasteiger partial charge on any atom is -0.454 e. The molecule has 2 aliphatic rings. The van der Waals surface area contributed by atoms with Crippen LogP contribution in [0.2, 0.25) is 0 Å². The molecule has 0 radical (unpaired) electrons. The van der Waals surface area contributed by atoms with Gasteiger partial charge in [0, 0.05) is 44.3 Å². The molecule has 2 aromatic rings. The van der Waals surface area contributed by atoms with E-state index in [4.69, 9.17) is 9.47 Å². The van der Waals surface area contributed by atoms with E-state index in [0.717, 1.165) is 5.56 Å². The normalized spacial score (nSPS) is 18.6. The zero-order chi connectivity index (χ0) is 21.1. The Morgan fingerprint density at radius 3 is 2.87 bits per heavy atom. The van der Waals surface area contributed by atoms with E-state index in [1.165, 1.54) is 6.07 Å². The first-order valence-corrected chi connectivity index (χ1v) is 9.89. The number of hydrogen-bond donors (Lipinski definition) is 3. The van der Waals surface area contributed by atoms with E-state index < -0.39 is 11.5 Å². The van der Waals surface area contributed by atoms with Crippen LogP contribution in [0.15, 0.2) is 35.1 Å². The first kappa shape index (κ1) is 20.0. The topological polar surface area (TPSA) is 113 Å². The number of aromatic nitrogens is 1. The largest absolute Gasteiger partial charge is 0.454 e. The second kappa shape index (κ2) is 8.58. The molecule has 0 aliphatic carbocycles. The predicted molar refractivity (Wildman–Crippen MR) is 108 cm³/mol. The van der Waals surface area contributed by atoms with Gasteiger partial charge >= 0.3 is 0 Å². The van der Waals surface area contributed by atoms with E-state index in [2.05, 4.69) is 20.5 Å². The molecular weight excluding hydrogens is 388 g/mol. The molecule has 1 fully saturated rings. The monoisotopic (exact) mass is 412 g/mol. The number of hydrogen-bond acceptors (Lipinski definition) is 6. The van der Waals surface area contributed by atoms with Crippen molar-refractivity contribution >= 4 is 11.8 Å². The number of fused-ring (bicyclic) bond motifs is 1. The molecule has 0 bridgehead atoms. The lowest BCUT2D eigenvalue weighted by molar-refractivity contribution is -0.120. The molecule has 30 heavy (non-hydrogen) atoms. The van der Waals surface area contributed by atoms with Gasteiger partial charge in [0.25, 0.3) is 11.5 Å². The van der Waals surface area contributed by atoms with Crippen molar-refractivity contribution in [2.24, 2.45) is 0 Å². The Bertz CT molecular complexity index is 1020. The van der Waals surface area contributed by atoms with Crippen molar-refractivity contribution in [2.75, 3.05) is 19.9 Å². The predicted octanol–water partition coefficient (Wildman–Crippen LogP) is 0.744. The highest BCUT2D eigenvalue weighted by Crippen LogP contribution is 2.32. The van der Waals surface area contributed by atoms with Crippen LogP contribution in [-0.2, 0) is 17.9 Å². The van der Waals surface area contributed by atoms with E-state index in [1.54, 1.807) is 18.2 Å². The summed E-state index contributed by atoms with van der Waals surface area (Å²) in [7, 11) is 0. The summed E-state index contributed by atoms with van der Waals surface area (Å²) in [6.07, 6.45) is 0.426.